The van der Waals surface area contributed by atoms with Gasteiger partial charge in [-0.25, -0.2) is 13.8 Å². The second-order valence-corrected chi connectivity index (χ2v) is 10.0. The van der Waals surface area contributed by atoms with Crippen molar-refractivity contribution in [3.8, 4) is 28.5 Å². The molecule has 41 heavy (non-hydrogen) atoms. The van der Waals surface area contributed by atoms with E-state index in [0.717, 1.165) is 31.0 Å². The van der Waals surface area contributed by atoms with Crippen LogP contribution >= 0.6 is 0 Å². The smallest absolute Gasteiger partial charge is 0.414 e. The number of amides is 1. The van der Waals surface area contributed by atoms with Crippen LogP contribution in [0.5, 0.6) is 17.2 Å². The molecule has 1 aliphatic carbocycles. The number of aromatic nitrogens is 1. The van der Waals surface area contributed by atoms with Crippen LogP contribution in [0.15, 0.2) is 48.5 Å². The fourth-order valence-electron chi connectivity index (χ4n) is 4.36. The van der Waals surface area contributed by atoms with Gasteiger partial charge in [0.1, 0.15) is 24.8 Å². The lowest BCUT2D eigenvalue weighted by Gasteiger charge is -2.29. The molecule has 2 atom stereocenters. The first kappa shape index (κ1) is 28.6. The van der Waals surface area contributed by atoms with E-state index in [1.807, 2.05) is 0 Å². The van der Waals surface area contributed by atoms with Crippen LogP contribution in [0.4, 0.5) is 22.0 Å². The molecule has 5 rings (SSSR count). The molecule has 2 aromatic carbocycles. The third-order valence-electron chi connectivity index (χ3n) is 7.00. The van der Waals surface area contributed by atoms with Crippen molar-refractivity contribution in [3.63, 3.8) is 0 Å². The third kappa shape index (κ3) is 5.38. The van der Waals surface area contributed by atoms with Gasteiger partial charge in [0.2, 0.25) is 0 Å². The molecule has 0 saturated heterocycles. The Morgan fingerprint density at radius 3 is 2.49 bits per heavy atom. The van der Waals surface area contributed by atoms with E-state index in [2.05, 4.69) is 10.3 Å². The van der Waals surface area contributed by atoms with Crippen LogP contribution in [0, 0.1) is 5.82 Å². The number of pyridine rings is 1. The number of fused-ring (bicyclic) bond motifs is 1. The summed E-state index contributed by atoms with van der Waals surface area (Å²) in [6, 6.07) is 9.83. The van der Waals surface area contributed by atoms with Crippen LogP contribution in [-0.4, -0.2) is 55.2 Å². The van der Waals surface area contributed by atoms with Gasteiger partial charge in [0.15, 0.2) is 28.4 Å². The summed E-state index contributed by atoms with van der Waals surface area (Å²) in [5.74, 6) is -0.927. The minimum atomic E-state index is -4.98. The van der Waals surface area contributed by atoms with Gasteiger partial charge in [0, 0.05) is 16.7 Å². The Morgan fingerprint density at radius 2 is 1.88 bits per heavy atom. The van der Waals surface area contributed by atoms with E-state index < -0.39 is 60.1 Å². The van der Waals surface area contributed by atoms with Crippen LogP contribution < -0.4 is 25.3 Å². The number of nitrogens with zero attached hydrogens (tertiary/aromatic N) is 1. The molecule has 1 aromatic heterocycles. The highest BCUT2D eigenvalue weighted by atomic mass is 19.4. The van der Waals surface area contributed by atoms with Crippen molar-refractivity contribution in [3.05, 3.63) is 71.2 Å². The van der Waals surface area contributed by atoms with Gasteiger partial charge in [0.05, 0.1) is 25.5 Å². The normalized spacial score (nSPS) is 19.6. The standard InChI is InChI=1S/C28H26F5N3O5/c1-39-21-10-16(4-9-20(21)41-18-7-8-18)25(37)35-13-26(38,12-29)22-11-19-24(40-14-27(19,34)28(31,32)33)23(36-22)15-2-5-17(30)6-3-15/h2-6,9-11,18,38H,7-8,12-14,34H2,1H3,(H,35,37)/t26?,27-/m0/s1. The van der Waals surface area contributed by atoms with Crippen molar-refractivity contribution >= 4 is 5.91 Å². The van der Waals surface area contributed by atoms with E-state index in [-0.39, 0.29) is 28.7 Å². The van der Waals surface area contributed by atoms with Gasteiger partial charge in [0.25, 0.3) is 5.91 Å². The number of nitrogens with two attached hydrogens (primary N) is 1. The molecule has 1 aliphatic heterocycles. The summed E-state index contributed by atoms with van der Waals surface area (Å²) in [5.41, 5.74) is -0.888. The summed E-state index contributed by atoms with van der Waals surface area (Å²) < 4.78 is 86.4. The number of hydrogen-bond acceptors (Lipinski definition) is 7. The van der Waals surface area contributed by atoms with Gasteiger partial charge >= 0.3 is 6.18 Å². The summed E-state index contributed by atoms with van der Waals surface area (Å²) in [6.45, 7) is -3.27. The Kier molecular flexibility index (Phi) is 7.28. The fraction of sp³-hybridized carbons (Fsp3) is 0.357. The Hall–Kier alpha value is -3.97. The van der Waals surface area contributed by atoms with Crippen molar-refractivity contribution < 1.29 is 46.1 Å². The summed E-state index contributed by atoms with van der Waals surface area (Å²) >= 11 is 0. The Balaban J connectivity index is 1.48. The molecule has 2 heterocycles. The molecule has 2 aliphatic rings. The number of aliphatic hydroxyl groups is 1. The minimum absolute atomic E-state index is 0.0813. The first-order valence-corrected chi connectivity index (χ1v) is 12.6. The number of benzene rings is 2. The van der Waals surface area contributed by atoms with Crippen LogP contribution in [0.25, 0.3) is 11.3 Å². The van der Waals surface area contributed by atoms with Gasteiger partial charge in [-0.1, -0.05) is 0 Å². The molecule has 8 nitrogen and oxygen atoms in total. The Morgan fingerprint density at radius 1 is 1.17 bits per heavy atom. The molecule has 218 valence electrons. The molecule has 1 amide bonds. The lowest BCUT2D eigenvalue weighted by molar-refractivity contribution is -0.191. The van der Waals surface area contributed by atoms with Gasteiger partial charge in [-0.15, -0.1) is 0 Å². The lowest BCUT2D eigenvalue weighted by Crippen LogP contribution is -2.52. The maximum atomic E-state index is 14.4. The zero-order chi connectivity index (χ0) is 29.6. The Labute approximate surface area is 231 Å². The zero-order valence-electron chi connectivity index (χ0n) is 21.7. The number of ether oxygens (including phenoxy) is 3. The van der Waals surface area contributed by atoms with Crippen molar-refractivity contribution in [1.29, 1.82) is 0 Å². The molecule has 4 N–H and O–H groups in total. The van der Waals surface area contributed by atoms with Gasteiger partial charge in [-0.05, 0) is 61.4 Å². The lowest BCUT2D eigenvalue weighted by atomic mass is 9.88. The quantitative estimate of drug-likeness (QED) is 0.327. The molecular formula is C28H26F5N3O5. The fourth-order valence-corrected chi connectivity index (χ4v) is 4.36. The molecule has 0 spiro atoms. The topological polar surface area (TPSA) is 116 Å². The van der Waals surface area contributed by atoms with Crippen LogP contribution in [0.1, 0.15) is 34.5 Å². The first-order chi connectivity index (χ1) is 19.4. The maximum absolute atomic E-state index is 14.4. The molecule has 0 bridgehead atoms. The zero-order valence-corrected chi connectivity index (χ0v) is 21.7. The van der Waals surface area contributed by atoms with E-state index in [1.54, 1.807) is 6.07 Å². The van der Waals surface area contributed by atoms with Crippen molar-refractivity contribution in [2.24, 2.45) is 5.73 Å². The van der Waals surface area contributed by atoms with E-state index in [4.69, 9.17) is 19.9 Å². The highest BCUT2D eigenvalue weighted by molar-refractivity contribution is 5.95. The van der Waals surface area contributed by atoms with Crippen molar-refractivity contribution in [2.45, 2.75) is 36.3 Å². The van der Waals surface area contributed by atoms with Crippen LogP contribution in [0.2, 0.25) is 0 Å². The SMILES string of the molecule is COc1cc(C(=O)NCC(O)(CF)c2cc3c(c(-c4ccc(F)cc4)n2)OC[C@@]3(N)C(F)(F)F)ccc1OC1CC1. The number of nitrogens with one attached hydrogen (secondary N) is 1. The summed E-state index contributed by atoms with van der Waals surface area (Å²) in [7, 11) is 1.40. The molecule has 13 heteroatoms. The average molecular weight is 580 g/mol. The summed E-state index contributed by atoms with van der Waals surface area (Å²) in [4.78, 5) is 17.1. The monoisotopic (exact) mass is 579 g/mol. The molecule has 1 saturated carbocycles. The van der Waals surface area contributed by atoms with Crippen molar-refractivity contribution in [2.75, 3.05) is 26.9 Å². The second-order valence-electron chi connectivity index (χ2n) is 10.0. The van der Waals surface area contributed by atoms with E-state index in [0.29, 0.717) is 11.5 Å². The van der Waals surface area contributed by atoms with Crippen LogP contribution in [0.3, 0.4) is 0 Å². The first-order valence-electron chi connectivity index (χ1n) is 12.6. The largest absolute Gasteiger partial charge is 0.493 e. The highest BCUT2D eigenvalue weighted by Crippen LogP contribution is 2.49. The van der Waals surface area contributed by atoms with E-state index in [1.165, 1.54) is 31.4 Å². The third-order valence-corrected chi connectivity index (χ3v) is 7.00. The minimum Gasteiger partial charge on any atom is -0.493 e. The van der Waals surface area contributed by atoms with Crippen LogP contribution in [-0.2, 0) is 11.1 Å². The average Bonchev–Trinajstić information content (AvgIpc) is 3.71. The number of hydrogen-bond donors (Lipinski definition) is 3. The number of carbonyl (C=O) groups is 1. The summed E-state index contributed by atoms with van der Waals surface area (Å²) in [6.07, 6.45) is -3.08. The maximum Gasteiger partial charge on any atom is 0.414 e. The molecule has 0 radical (unpaired) electrons. The number of halogens is 5. The molecule has 1 fully saturated rings. The highest BCUT2D eigenvalue weighted by Gasteiger charge is 2.59. The molecule has 1 unspecified atom stereocenters. The van der Waals surface area contributed by atoms with E-state index >= 15 is 0 Å². The number of methoxy groups -OCH3 is 1. The predicted molar refractivity (Wildman–Crippen MR) is 136 cm³/mol. The predicted octanol–water partition coefficient (Wildman–Crippen LogP) is 4.13. The number of carbonyl (C=O) groups excluding carboxylic acids is 1. The van der Waals surface area contributed by atoms with Gasteiger partial charge in [-0.2, -0.15) is 13.2 Å². The number of rotatable bonds is 9. The second kappa shape index (κ2) is 10.5. The summed E-state index contributed by atoms with van der Waals surface area (Å²) in [5, 5.41) is 13.6. The molecule has 3 aromatic rings. The van der Waals surface area contributed by atoms with Gasteiger partial charge < -0.3 is 30.4 Å². The van der Waals surface area contributed by atoms with E-state index in [9.17, 15) is 31.9 Å². The van der Waals surface area contributed by atoms with Gasteiger partial charge in [-0.3, -0.25) is 4.79 Å². The number of alkyl halides is 4. The van der Waals surface area contributed by atoms with Crippen molar-refractivity contribution in [1.82, 2.24) is 10.3 Å². The Bertz CT molecular complexity index is 1460. The molecular weight excluding hydrogens is 553 g/mol.